The summed E-state index contributed by atoms with van der Waals surface area (Å²) in [6.45, 7) is 7.01. The smallest absolute Gasteiger partial charge is 0.119 e. The Morgan fingerprint density at radius 2 is 2.15 bits per heavy atom. The minimum atomic E-state index is 0.354. The predicted octanol–water partition coefficient (Wildman–Crippen LogP) is 3.08. The zero-order valence-corrected chi connectivity index (χ0v) is 13.2. The Morgan fingerprint density at radius 1 is 1.35 bits per heavy atom. The summed E-state index contributed by atoms with van der Waals surface area (Å²) in [5.74, 6) is 1.68. The topological polar surface area (TPSA) is 24.5 Å². The number of nitrogens with zero attached hydrogens (tertiary/aromatic N) is 1. The zero-order valence-electron chi connectivity index (χ0n) is 13.2. The molecule has 1 heterocycles. The maximum atomic E-state index is 5.31. The van der Waals surface area contributed by atoms with Crippen molar-refractivity contribution < 1.29 is 4.74 Å². The number of rotatable bonds is 5. The van der Waals surface area contributed by atoms with E-state index >= 15 is 0 Å². The van der Waals surface area contributed by atoms with Gasteiger partial charge in [0.2, 0.25) is 0 Å². The molecule has 2 rings (SSSR count). The van der Waals surface area contributed by atoms with Crippen molar-refractivity contribution in [2.24, 2.45) is 5.92 Å². The second-order valence-electron chi connectivity index (χ2n) is 6.12. The average molecular weight is 276 g/mol. The molecule has 1 aliphatic heterocycles. The van der Waals surface area contributed by atoms with Gasteiger partial charge in [0.25, 0.3) is 0 Å². The first-order chi connectivity index (χ1) is 9.60. The summed E-state index contributed by atoms with van der Waals surface area (Å²) in [5.41, 5.74) is 1.29. The lowest BCUT2D eigenvalue weighted by Crippen LogP contribution is -2.43. The highest BCUT2D eigenvalue weighted by Crippen LogP contribution is 2.23. The van der Waals surface area contributed by atoms with Crippen LogP contribution in [0.25, 0.3) is 0 Å². The molecule has 112 valence electrons. The molecule has 1 fully saturated rings. The van der Waals surface area contributed by atoms with Gasteiger partial charge in [0.05, 0.1) is 7.11 Å². The fourth-order valence-corrected chi connectivity index (χ4v) is 3.15. The Kier molecular flexibility index (Phi) is 5.44. The average Bonchev–Trinajstić information content (AvgIpc) is 2.47. The van der Waals surface area contributed by atoms with E-state index in [1.54, 1.807) is 7.11 Å². The highest BCUT2D eigenvalue weighted by Gasteiger charge is 2.23. The normalized spacial score (nSPS) is 23.3. The van der Waals surface area contributed by atoms with Gasteiger partial charge < -0.3 is 15.0 Å². The number of benzene rings is 1. The highest BCUT2D eigenvalue weighted by molar-refractivity contribution is 5.30. The first-order valence-corrected chi connectivity index (χ1v) is 7.68. The van der Waals surface area contributed by atoms with Gasteiger partial charge in [0.15, 0.2) is 0 Å². The molecule has 1 aliphatic rings. The molecule has 0 saturated carbocycles. The van der Waals surface area contributed by atoms with Crippen molar-refractivity contribution in [3.05, 3.63) is 29.8 Å². The van der Waals surface area contributed by atoms with Crippen LogP contribution in [-0.2, 0) is 0 Å². The Balaban J connectivity index is 1.94. The monoisotopic (exact) mass is 276 g/mol. The number of hydrogen-bond acceptors (Lipinski definition) is 3. The molecule has 1 aromatic rings. The number of methoxy groups -OCH3 is 1. The fraction of sp³-hybridized carbons (Fsp3) is 0.647. The molecule has 0 bridgehead atoms. The molecule has 3 nitrogen and oxygen atoms in total. The van der Waals surface area contributed by atoms with Gasteiger partial charge in [-0.1, -0.05) is 12.1 Å². The van der Waals surface area contributed by atoms with Crippen molar-refractivity contribution in [3.63, 3.8) is 0 Å². The van der Waals surface area contributed by atoms with E-state index in [0.717, 1.165) is 11.7 Å². The number of nitrogens with one attached hydrogen (secondary N) is 1. The van der Waals surface area contributed by atoms with Crippen LogP contribution in [0.4, 0.5) is 0 Å². The first-order valence-electron chi connectivity index (χ1n) is 7.68. The van der Waals surface area contributed by atoms with Crippen molar-refractivity contribution >= 4 is 0 Å². The Morgan fingerprint density at radius 3 is 2.85 bits per heavy atom. The molecule has 1 saturated heterocycles. The van der Waals surface area contributed by atoms with Gasteiger partial charge in [-0.15, -0.1) is 0 Å². The van der Waals surface area contributed by atoms with Gasteiger partial charge in [0, 0.05) is 18.6 Å². The quantitative estimate of drug-likeness (QED) is 0.894. The van der Waals surface area contributed by atoms with Gasteiger partial charge in [-0.05, 0) is 63.9 Å². The number of ether oxygens (including phenoxy) is 1. The molecule has 20 heavy (non-hydrogen) atoms. The van der Waals surface area contributed by atoms with Gasteiger partial charge in [-0.3, -0.25) is 0 Å². The van der Waals surface area contributed by atoms with Crippen LogP contribution in [0.1, 0.15) is 38.3 Å². The maximum Gasteiger partial charge on any atom is 0.119 e. The van der Waals surface area contributed by atoms with Crippen LogP contribution in [0, 0.1) is 5.92 Å². The Hall–Kier alpha value is -1.06. The van der Waals surface area contributed by atoms with Crippen molar-refractivity contribution in [2.45, 2.75) is 38.8 Å². The molecule has 3 heteroatoms. The zero-order chi connectivity index (χ0) is 14.5. The third-order valence-electron chi connectivity index (χ3n) is 4.47. The minimum absolute atomic E-state index is 0.354. The molecule has 0 amide bonds. The van der Waals surface area contributed by atoms with Crippen LogP contribution in [0.5, 0.6) is 5.75 Å². The van der Waals surface area contributed by atoms with E-state index in [0.29, 0.717) is 12.1 Å². The molecule has 0 aliphatic carbocycles. The van der Waals surface area contributed by atoms with E-state index in [4.69, 9.17) is 4.74 Å². The van der Waals surface area contributed by atoms with Crippen LogP contribution in [0.3, 0.4) is 0 Å². The number of likely N-dealkylation sites (tertiary alicyclic amines) is 1. The highest BCUT2D eigenvalue weighted by atomic mass is 16.5. The van der Waals surface area contributed by atoms with E-state index in [1.807, 2.05) is 6.07 Å². The molecule has 2 unspecified atom stereocenters. The summed E-state index contributed by atoms with van der Waals surface area (Å²) >= 11 is 0. The van der Waals surface area contributed by atoms with Gasteiger partial charge in [-0.25, -0.2) is 0 Å². The van der Waals surface area contributed by atoms with Crippen molar-refractivity contribution in [2.75, 3.05) is 27.2 Å². The first kappa shape index (κ1) is 15.3. The second-order valence-corrected chi connectivity index (χ2v) is 6.12. The predicted molar refractivity (Wildman–Crippen MR) is 84.2 cm³/mol. The molecule has 0 spiro atoms. The largest absolute Gasteiger partial charge is 0.497 e. The summed E-state index contributed by atoms with van der Waals surface area (Å²) in [4.78, 5) is 2.45. The second kappa shape index (κ2) is 7.09. The summed E-state index contributed by atoms with van der Waals surface area (Å²) < 4.78 is 5.31. The van der Waals surface area contributed by atoms with Crippen LogP contribution in [0.2, 0.25) is 0 Å². The Labute approximate surface area is 123 Å². The molecular formula is C17H28N2O. The van der Waals surface area contributed by atoms with Gasteiger partial charge >= 0.3 is 0 Å². The van der Waals surface area contributed by atoms with E-state index in [2.05, 4.69) is 49.3 Å². The summed E-state index contributed by atoms with van der Waals surface area (Å²) in [6, 6.07) is 9.24. The standard InChI is InChI=1S/C17H28N2O/c1-13(15-7-5-9-17(11-15)20-4)18-14(2)16-8-6-10-19(3)12-16/h5,7,9,11,13-14,16,18H,6,8,10,12H2,1-4H3/t13-,14?,16?/m1/s1. The summed E-state index contributed by atoms with van der Waals surface area (Å²) in [6.07, 6.45) is 2.66. The van der Waals surface area contributed by atoms with Gasteiger partial charge in [-0.2, -0.15) is 0 Å². The minimum Gasteiger partial charge on any atom is -0.497 e. The number of hydrogen-bond donors (Lipinski definition) is 1. The maximum absolute atomic E-state index is 5.31. The number of piperidine rings is 1. The van der Waals surface area contributed by atoms with Crippen molar-refractivity contribution in [3.8, 4) is 5.75 Å². The van der Waals surface area contributed by atoms with Crippen molar-refractivity contribution in [1.82, 2.24) is 10.2 Å². The molecule has 0 aromatic heterocycles. The molecule has 3 atom stereocenters. The molecule has 0 radical (unpaired) electrons. The van der Waals surface area contributed by atoms with E-state index in [9.17, 15) is 0 Å². The fourth-order valence-electron chi connectivity index (χ4n) is 3.15. The SMILES string of the molecule is COc1cccc([C@@H](C)NC(C)C2CCCN(C)C2)c1. The van der Waals surface area contributed by atoms with E-state index < -0.39 is 0 Å². The van der Waals surface area contributed by atoms with Crippen molar-refractivity contribution in [1.29, 1.82) is 0 Å². The van der Waals surface area contributed by atoms with Gasteiger partial charge in [0.1, 0.15) is 5.75 Å². The van der Waals surface area contributed by atoms with Crippen LogP contribution in [0.15, 0.2) is 24.3 Å². The Bertz CT molecular complexity index is 421. The lowest BCUT2D eigenvalue weighted by atomic mass is 9.91. The van der Waals surface area contributed by atoms with Crippen LogP contribution >= 0.6 is 0 Å². The van der Waals surface area contributed by atoms with Crippen LogP contribution < -0.4 is 10.1 Å². The molecule has 1 N–H and O–H groups in total. The molecular weight excluding hydrogens is 248 g/mol. The lowest BCUT2D eigenvalue weighted by molar-refractivity contribution is 0.174. The third kappa shape index (κ3) is 3.97. The van der Waals surface area contributed by atoms with E-state index in [-0.39, 0.29) is 0 Å². The lowest BCUT2D eigenvalue weighted by Gasteiger charge is -2.35. The van der Waals surface area contributed by atoms with E-state index in [1.165, 1.54) is 31.5 Å². The third-order valence-corrected chi connectivity index (χ3v) is 4.47. The van der Waals surface area contributed by atoms with Crippen LogP contribution in [-0.4, -0.2) is 38.2 Å². The summed E-state index contributed by atoms with van der Waals surface area (Å²) in [7, 11) is 3.95. The molecule has 1 aromatic carbocycles. The summed E-state index contributed by atoms with van der Waals surface area (Å²) in [5, 5.41) is 3.76.